The Bertz CT molecular complexity index is 1080. The molecule has 0 saturated carbocycles. The summed E-state index contributed by atoms with van der Waals surface area (Å²) in [4.78, 5) is 12.6. The van der Waals surface area contributed by atoms with Gasteiger partial charge in [-0.3, -0.25) is 4.79 Å². The van der Waals surface area contributed by atoms with Gasteiger partial charge in [-0.2, -0.15) is 18.3 Å². The molecule has 1 amide bonds. The Kier molecular flexibility index (Phi) is 5.53. The second-order valence-corrected chi connectivity index (χ2v) is 7.52. The number of alkyl halides is 3. The van der Waals surface area contributed by atoms with Crippen molar-refractivity contribution in [1.82, 2.24) is 9.78 Å². The third-order valence-electron chi connectivity index (χ3n) is 5.04. The third-order valence-corrected chi connectivity index (χ3v) is 5.29. The van der Waals surface area contributed by atoms with Crippen molar-refractivity contribution in [3.8, 4) is 5.75 Å². The molecular formula is C21H18ClF3N4O2. The van der Waals surface area contributed by atoms with Crippen LogP contribution in [0.25, 0.3) is 0 Å². The Labute approximate surface area is 181 Å². The van der Waals surface area contributed by atoms with Gasteiger partial charge in [0.25, 0.3) is 5.91 Å². The molecule has 31 heavy (non-hydrogen) atoms. The van der Waals surface area contributed by atoms with Crippen molar-refractivity contribution >= 4 is 29.0 Å². The number of aromatic nitrogens is 2. The summed E-state index contributed by atoms with van der Waals surface area (Å²) in [5, 5.41) is 10.1. The lowest BCUT2D eigenvalue weighted by Gasteiger charge is -2.33. The number of fused-ring (bicyclic) bond motifs is 1. The predicted molar refractivity (Wildman–Crippen MR) is 111 cm³/mol. The molecule has 0 bridgehead atoms. The van der Waals surface area contributed by atoms with E-state index < -0.39 is 24.2 Å². The Morgan fingerprint density at radius 2 is 1.87 bits per heavy atom. The highest BCUT2D eigenvalue weighted by Crippen LogP contribution is 2.43. The smallest absolute Gasteiger partial charge is 0.410 e. The molecule has 3 aromatic rings. The first-order valence-corrected chi connectivity index (χ1v) is 9.76. The fourth-order valence-electron chi connectivity index (χ4n) is 3.47. The number of carbonyl (C=O) groups is 1. The number of ether oxygens (including phenoxy) is 1. The molecule has 2 heterocycles. The number of methoxy groups -OCH3 is 1. The van der Waals surface area contributed by atoms with E-state index in [9.17, 15) is 18.0 Å². The Balaban J connectivity index is 1.61. The number of anilines is 2. The molecule has 4 rings (SSSR count). The van der Waals surface area contributed by atoms with Gasteiger partial charge in [-0.25, -0.2) is 4.68 Å². The molecule has 6 nitrogen and oxygen atoms in total. The SMILES string of the molecule is COc1ccc(NC(=O)c2cc3n(n2)[C@@H](C(F)(F)F)C[C@H](c2ccc(Cl)cc2)N3)cc1. The van der Waals surface area contributed by atoms with Crippen molar-refractivity contribution < 1.29 is 22.7 Å². The lowest BCUT2D eigenvalue weighted by Crippen LogP contribution is -2.35. The molecule has 0 unspecified atom stereocenters. The van der Waals surface area contributed by atoms with Crippen molar-refractivity contribution in [2.75, 3.05) is 17.7 Å². The maximum atomic E-state index is 13.8. The van der Waals surface area contributed by atoms with Gasteiger partial charge in [0.15, 0.2) is 11.7 Å². The van der Waals surface area contributed by atoms with Crippen LogP contribution in [0.15, 0.2) is 54.6 Å². The van der Waals surface area contributed by atoms with Gasteiger partial charge in [0.2, 0.25) is 0 Å². The largest absolute Gasteiger partial charge is 0.497 e. The van der Waals surface area contributed by atoms with E-state index in [4.69, 9.17) is 16.3 Å². The first-order chi connectivity index (χ1) is 14.7. The fraction of sp³-hybridized carbons (Fsp3) is 0.238. The van der Waals surface area contributed by atoms with Gasteiger partial charge < -0.3 is 15.4 Å². The van der Waals surface area contributed by atoms with E-state index in [0.29, 0.717) is 22.0 Å². The van der Waals surface area contributed by atoms with Gasteiger partial charge in [0.1, 0.15) is 11.6 Å². The van der Waals surface area contributed by atoms with Crippen molar-refractivity contribution in [3.63, 3.8) is 0 Å². The minimum absolute atomic E-state index is 0.119. The summed E-state index contributed by atoms with van der Waals surface area (Å²) in [6, 6.07) is 12.0. The van der Waals surface area contributed by atoms with Crippen LogP contribution in [0, 0.1) is 0 Å². The highest BCUT2D eigenvalue weighted by molar-refractivity contribution is 6.30. The number of halogens is 4. The average Bonchev–Trinajstić information content (AvgIpc) is 3.17. The standard InChI is InChI=1S/C21H18ClF3N4O2/c1-31-15-8-6-14(7-9-15)26-20(30)17-11-19-27-16(12-2-4-13(22)5-3-12)10-18(21(23,24)25)29(19)28-17/h2-9,11,16,18,27H,10H2,1H3,(H,26,30)/t16-,18-/m1/s1. The fourth-order valence-corrected chi connectivity index (χ4v) is 3.59. The average molecular weight is 451 g/mol. The van der Waals surface area contributed by atoms with Crippen LogP contribution >= 0.6 is 11.6 Å². The zero-order valence-corrected chi connectivity index (χ0v) is 17.0. The molecule has 1 aliphatic heterocycles. The van der Waals surface area contributed by atoms with Crippen LogP contribution in [0.5, 0.6) is 5.75 Å². The van der Waals surface area contributed by atoms with Crippen LogP contribution in [-0.2, 0) is 0 Å². The molecule has 0 saturated heterocycles. The number of amides is 1. The molecule has 162 valence electrons. The van der Waals surface area contributed by atoms with E-state index in [1.54, 1.807) is 48.5 Å². The van der Waals surface area contributed by atoms with E-state index in [2.05, 4.69) is 15.7 Å². The van der Waals surface area contributed by atoms with Crippen LogP contribution in [0.2, 0.25) is 5.02 Å². The van der Waals surface area contributed by atoms with E-state index in [0.717, 1.165) is 4.68 Å². The quantitative estimate of drug-likeness (QED) is 0.554. The Morgan fingerprint density at radius 1 is 1.19 bits per heavy atom. The van der Waals surface area contributed by atoms with E-state index >= 15 is 0 Å². The van der Waals surface area contributed by atoms with Gasteiger partial charge >= 0.3 is 6.18 Å². The van der Waals surface area contributed by atoms with Gasteiger partial charge in [-0.15, -0.1) is 0 Å². The highest BCUT2D eigenvalue weighted by atomic mass is 35.5. The maximum Gasteiger partial charge on any atom is 0.410 e. The summed E-state index contributed by atoms with van der Waals surface area (Å²) in [7, 11) is 1.52. The number of nitrogens with one attached hydrogen (secondary N) is 2. The minimum Gasteiger partial charge on any atom is -0.497 e. The van der Waals surface area contributed by atoms with Crippen molar-refractivity contribution in [2.45, 2.75) is 24.7 Å². The number of carbonyl (C=O) groups excluding carboxylic acids is 1. The van der Waals surface area contributed by atoms with Crippen LogP contribution in [0.1, 0.15) is 34.6 Å². The Hall–Kier alpha value is -3.20. The lowest BCUT2D eigenvalue weighted by atomic mass is 9.97. The lowest BCUT2D eigenvalue weighted by molar-refractivity contribution is -0.173. The molecule has 0 aliphatic carbocycles. The topological polar surface area (TPSA) is 68.2 Å². The first kappa shape index (κ1) is 21.0. The second kappa shape index (κ2) is 8.14. The molecular weight excluding hydrogens is 433 g/mol. The van der Waals surface area contributed by atoms with Crippen LogP contribution in [0.4, 0.5) is 24.7 Å². The second-order valence-electron chi connectivity index (χ2n) is 7.08. The summed E-state index contributed by atoms with van der Waals surface area (Å²) in [5.74, 6) is 0.118. The third kappa shape index (κ3) is 4.46. The van der Waals surface area contributed by atoms with Gasteiger partial charge in [-0.1, -0.05) is 23.7 Å². The van der Waals surface area contributed by atoms with Crippen molar-refractivity contribution in [2.24, 2.45) is 0 Å². The summed E-state index contributed by atoms with van der Waals surface area (Å²) >= 11 is 5.89. The number of nitrogens with zero attached hydrogens (tertiary/aromatic N) is 2. The van der Waals surface area contributed by atoms with E-state index in [-0.39, 0.29) is 17.9 Å². The number of rotatable bonds is 4. The predicted octanol–water partition coefficient (Wildman–Crippen LogP) is 5.46. The molecule has 0 fully saturated rings. The van der Waals surface area contributed by atoms with Gasteiger partial charge in [-0.05, 0) is 42.0 Å². The summed E-state index contributed by atoms with van der Waals surface area (Å²) < 4.78 is 47.2. The first-order valence-electron chi connectivity index (χ1n) is 9.38. The molecule has 1 aromatic heterocycles. The number of hydrogen-bond donors (Lipinski definition) is 2. The van der Waals surface area contributed by atoms with Crippen molar-refractivity contribution in [3.05, 3.63) is 70.9 Å². The van der Waals surface area contributed by atoms with Crippen LogP contribution in [0.3, 0.4) is 0 Å². The molecule has 0 radical (unpaired) electrons. The van der Waals surface area contributed by atoms with Gasteiger partial charge in [0.05, 0.1) is 13.2 Å². The van der Waals surface area contributed by atoms with Crippen molar-refractivity contribution in [1.29, 1.82) is 0 Å². The van der Waals surface area contributed by atoms with Crippen LogP contribution < -0.4 is 15.4 Å². The number of benzene rings is 2. The van der Waals surface area contributed by atoms with E-state index in [1.807, 2.05) is 0 Å². The summed E-state index contributed by atoms with van der Waals surface area (Å²) in [6.45, 7) is 0. The number of hydrogen-bond acceptors (Lipinski definition) is 4. The highest BCUT2D eigenvalue weighted by Gasteiger charge is 2.46. The summed E-state index contributed by atoms with van der Waals surface area (Å²) in [6.07, 6.45) is -4.80. The summed E-state index contributed by atoms with van der Waals surface area (Å²) in [5.41, 5.74) is 1.01. The zero-order chi connectivity index (χ0) is 22.2. The molecule has 2 atom stereocenters. The molecule has 2 aromatic carbocycles. The zero-order valence-electron chi connectivity index (χ0n) is 16.3. The van der Waals surface area contributed by atoms with Gasteiger partial charge in [0, 0.05) is 23.2 Å². The molecule has 1 aliphatic rings. The van der Waals surface area contributed by atoms with E-state index in [1.165, 1.54) is 13.2 Å². The van der Waals surface area contributed by atoms with Crippen LogP contribution in [-0.4, -0.2) is 29.0 Å². The minimum atomic E-state index is -4.53. The molecule has 0 spiro atoms. The maximum absolute atomic E-state index is 13.8. The molecule has 2 N–H and O–H groups in total. The normalized spacial score (nSPS) is 18.1. The Morgan fingerprint density at radius 3 is 2.48 bits per heavy atom. The molecule has 10 heteroatoms. The monoisotopic (exact) mass is 450 g/mol.